The van der Waals surface area contributed by atoms with Crippen molar-refractivity contribution in [2.75, 3.05) is 6.54 Å². The number of H-pyrrole nitrogens is 1. The van der Waals surface area contributed by atoms with Crippen molar-refractivity contribution in [3.63, 3.8) is 0 Å². The summed E-state index contributed by atoms with van der Waals surface area (Å²) in [6.45, 7) is 0.422. The molecule has 9 heteroatoms. The van der Waals surface area contributed by atoms with E-state index in [0.717, 1.165) is 21.8 Å². The van der Waals surface area contributed by atoms with Crippen LogP contribution in [0.15, 0.2) is 47.1 Å². The molecule has 1 aromatic carbocycles. The van der Waals surface area contributed by atoms with E-state index in [1.54, 1.807) is 12.1 Å². The molecule has 1 aliphatic rings. The van der Waals surface area contributed by atoms with E-state index in [9.17, 15) is 14.4 Å². The molecular formula is C19H19N5O4. The van der Waals surface area contributed by atoms with Crippen molar-refractivity contribution in [3.8, 4) is 0 Å². The number of aromatic amines is 1. The number of fused-ring (bicyclic) bond motifs is 1. The van der Waals surface area contributed by atoms with Crippen LogP contribution in [0.3, 0.4) is 0 Å². The second kappa shape index (κ2) is 7.55. The van der Waals surface area contributed by atoms with E-state index in [4.69, 9.17) is 4.42 Å². The monoisotopic (exact) mass is 381 g/mol. The van der Waals surface area contributed by atoms with Gasteiger partial charge in [-0.2, -0.15) is 0 Å². The van der Waals surface area contributed by atoms with Gasteiger partial charge >= 0.3 is 6.03 Å². The normalized spacial score (nSPS) is 16.6. The molecule has 3 N–H and O–H groups in total. The van der Waals surface area contributed by atoms with Crippen LogP contribution in [-0.4, -0.2) is 45.3 Å². The van der Waals surface area contributed by atoms with Gasteiger partial charge in [0.25, 0.3) is 5.91 Å². The van der Waals surface area contributed by atoms with Crippen LogP contribution in [0.1, 0.15) is 18.0 Å². The summed E-state index contributed by atoms with van der Waals surface area (Å²) in [4.78, 5) is 45.2. The van der Waals surface area contributed by atoms with Gasteiger partial charge in [0, 0.05) is 13.0 Å². The lowest BCUT2D eigenvalue weighted by atomic mass is 10.2. The maximum Gasteiger partial charge on any atom is 0.325 e. The van der Waals surface area contributed by atoms with Crippen LogP contribution in [0.25, 0.3) is 11.0 Å². The van der Waals surface area contributed by atoms with Gasteiger partial charge in [-0.15, -0.1) is 0 Å². The molecule has 4 amide bonds. The van der Waals surface area contributed by atoms with Crippen molar-refractivity contribution >= 4 is 28.9 Å². The Morgan fingerprint density at radius 3 is 2.86 bits per heavy atom. The molecule has 0 radical (unpaired) electrons. The van der Waals surface area contributed by atoms with Gasteiger partial charge in [-0.3, -0.25) is 14.5 Å². The number of para-hydroxylation sites is 2. The molecule has 0 bridgehead atoms. The molecule has 9 nitrogen and oxygen atoms in total. The van der Waals surface area contributed by atoms with E-state index in [0.29, 0.717) is 18.7 Å². The van der Waals surface area contributed by atoms with Gasteiger partial charge in [0.2, 0.25) is 5.91 Å². The Morgan fingerprint density at radius 2 is 2.07 bits per heavy atom. The first-order valence-corrected chi connectivity index (χ1v) is 8.95. The molecule has 1 saturated heterocycles. The average Bonchev–Trinajstić information content (AvgIpc) is 3.38. The van der Waals surface area contributed by atoms with Crippen LogP contribution in [0.2, 0.25) is 0 Å². The van der Waals surface area contributed by atoms with E-state index in [-0.39, 0.29) is 18.9 Å². The highest BCUT2D eigenvalue weighted by atomic mass is 16.3. The topological polar surface area (TPSA) is 120 Å². The predicted molar refractivity (Wildman–Crippen MR) is 99.0 cm³/mol. The van der Waals surface area contributed by atoms with Gasteiger partial charge in [0.1, 0.15) is 17.6 Å². The number of carbonyl (C=O) groups excluding carboxylic acids is 3. The molecule has 28 heavy (non-hydrogen) atoms. The molecule has 3 heterocycles. The lowest BCUT2D eigenvalue weighted by molar-refractivity contribution is -0.131. The lowest BCUT2D eigenvalue weighted by Crippen LogP contribution is -2.37. The third kappa shape index (κ3) is 3.73. The quantitative estimate of drug-likeness (QED) is 0.533. The van der Waals surface area contributed by atoms with Crippen LogP contribution < -0.4 is 10.6 Å². The van der Waals surface area contributed by atoms with Crippen molar-refractivity contribution in [2.45, 2.75) is 25.4 Å². The Bertz CT molecular complexity index is 977. The van der Waals surface area contributed by atoms with E-state index < -0.39 is 18.0 Å². The van der Waals surface area contributed by atoms with Crippen molar-refractivity contribution < 1.29 is 18.8 Å². The molecule has 2 aromatic heterocycles. The summed E-state index contributed by atoms with van der Waals surface area (Å²) >= 11 is 0. The summed E-state index contributed by atoms with van der Waals surface area (Å²) in [6.07, 6.45) is 1.90. The summed E-state index contributed by atoms with van der Waals surface area (Å²) < 4.78 is 5.16. The van der Waals surface area contributed by atoms with Crippen LogP contribution in [0.5, 0.6) is 0 Å². The highest BCUT2D eigenvalue weighted by Crippen LogP contribution is 2.14. The maximum atomic E-state index is 12.4. The number of nitrogens with zero attached hydrogens (tertiary/aromatic N) is 2. The third-order valence-electron chi connectivity index (χ3n) is 4.51. The van der Waals surface area contributed by atoms with Gasteiger partial charge in [-0.05, 0) is 24.3 Å². The first-order valence-electron chi connectivity index (χ1n) is 8.95. The molecule has 144 valence electrons. The van der Waals surface area contributed by atoms with Crippen molar-refractivity contribution in [2.24, 2.45) is 0 Å². The average molecular weight is 381 g/mol. The van der Waals surface area contributed by atoms with E-state index >= 15 is 0 Å². The van der Waals surface area contributed by atoms with Crippen LogP contribution in [0.4, 0.5) is 4.79 Å². The second-order valence-corrected chi connectivity index (χ2v) is 6.51. The fourth-order valence-electron chi connectivity index (χ4n) is 3.13. The highest BCUT2D eigenvalue weighted by molar-refractivity contribution is 6.05. The molecule has 1 aliphatic heterocycles. The molecule has 0 aliphatic carbocycles. The first-order chi connectivity index (χ1) is 13.6. The number of nitrogens with one attached hydrogen (secondary N) is 3. The second-order valence-electron chi connectivity index (χ2n) is 6.51. The number of rotatable bonds is 7. The van der Waals surface area contributed by atoms with Crippen LogP contribution >= 0.6 is 0 Å². The standard InChI is InChI=1S/C19H19N5O4/c25-17(20-8-7-16-21-13-5-1-2-6-14(13)22-16)10-15-18(26)24(19(27)23-15)11-12-4-3-9-28-12/h1-6,9,15H,7-8,10-11H2,(H,20,25)(H,21,22)(H,23,27)/t15-/m1/s1. The zero-order valence-electron chi connectivity index (χ0n) is 15.0. The Hall–Kier alpha value is -3.62. The van der Waals surface area contributed by atoms with Gasteiger partial charge in [0.05, 0.1) is 30.3 Å². The number of benzene rings is 1. The molecule has 1 fully saturated rings. The van der Waals surface area contributed by atoms with Gasteiger partial charge in [-0.1, -0.05) is 12.1 Å². The number of aromatic nitrogens is 2. The summed E-state index contributed by atoms with van der Waals surface area (Å²) in [5.74, 6) is 0.527. The summed E-state index contributed by atoms with van der Waals surface area (Å²) in [6, 6.07) is 9.66. The number of hydrogen-bond acceptors (Lipinski definition) is 5. The van der Waals surface area contributed by atoms with Gasteiger partial charge < -0.3 is 20.0 Å². The first kappa shape index (κ1) is 17.8. The Kier molecular flexibility index (Phi) is 4.79. The third-order valence-corrected chi connectivity index (χ3v) is 4.51. The van der Waals surface area contributed by atoms with Crippen LogP contribution in [-0.2, 0) is 22.6 Å². The number of imidazole rings is 1. The number of amides is 4. The van der Waals surface area contributed by atoms with E-state index in [2.05, 4.69) is 20.6 Å². The Labute approximate surface area is 160 Å². The smallest absolute Gasteiger partial charge is 0.325 e. The fourth-order valence-corrected chi connectivity index (χ4v) is 3.13. The van der Waals surface area contributed by atoms with Gasteiger partial charge in [0.15, 0.2) is 0 Å². The predicted octanol–water partition coefficient (Wildman–Crippen LogP) is 1.33. The summed E-state index contributed by atoms with van der Waals surface area (Å²) in [5, 5.41) is 5.30. The lowest BCUT2D eigenvalue weighted by Gasteiger charge is -2.11. The zero-order chi connectivity index (χ0) is 19.5. The summed E-state index contributed by atoms with van der Waals surface area (Å²) in [7, 11) is 0. The highest BCUT2D eigenvalue weighted by Gasteiger charge is 2.39. The molecule has 0 saturated carbocycles. The van der Waals surface area contributed by atoms with Crippen LogP contribution in [0, 0.1) is 0 Å². The molecular weight excluding hydrogens is 362 g/mol. The largest absolute Gasteiger partial charge is 0.467 e. The molecule has 0 spiro atoms. The zero-order valence-corrected chi connectivity index (χ0v) is 15.0. The fraction of sp³-hybridized carbons (Fsp3) is 0.263. The minimum Gasteiger partial charge on any atom is -0.467 e. The van der Waals surface area contributed by atoms with Crippen molar-refractivity contribution in [1.82, 2.24) is 25.5 Å². The van der Waals surface area contributed by atoms with E-state index in [1.807, 2.05) is 24.3 Å². The maximum absolute atomic E-state index is 12.4. The number of hydrogen-bond donors (Lipinski definition) is 3. The number of furan rings is 1. The SMILES string of the molecule is O=C(C[C@H]1NC(=O)N(Cc2ccco2)C1=O)NCCc1nc2ccccc2[nH]1. The van der Waals surface area contributed by atoms with Crippen molar-refractivity contribution in [3.05, 3.63) is 54.2 Å². The van der Waals surface area contributed by atoms with Gasteiger partial charge in [-0.25, -0.2) is 9.78 Å². The minimum absolute atomic E-state index is 0.0435. The molecule has 1 atom stereocenters. The Morgan fingerprint density at radius 1 is 1.21 bits per heavy atom. The Balaban J connectivity index is 1.26. The number of imide groups is 1. The minimum atomic E-state index is -0.867. The number of carbonyl (C=O) groups is 3. The molecule has 0 unspecified atom stereocenters. The molecule has 4 rings (SSSR count). The van der Waals surface area contributed by atoms with Crippen molar-refractivity contribution in [1.29, 1.82) is 0 Å². The van der Waals surface area contributed by atoms with E-state index in [1.165, 1.54) is 6.26 Å². The summed E-state index contributed by atoms with van der Waals surface area (Å²) in [5.41, 5.74) is 1.82. The number of urea groups is 1. The molecule has 3 aromatic rings.